The van der Waals surface area contributed by atoms with E-state index >= 15 is 0 Å². The molecule has 0 aliphatic heterocycles. The number of benzene rings is 1. The van der Waals surface area contributed by atoms with E-state index in [2.05, 4.69) is 0 Å². The molecular formula is C20H33N3O6S. The zero-order valence-corrected chi connectivity index (χ0v) is 19.9. The molecule has 0 aliphatic carbocycles. The van der Waals surface area contributed by atoms with Crippen molar-refractivity contribution in [1.82, 2.24) is 14.1 Å². The van der Waals surface area contributed by atoms with E-state index in [1.807, 2.05) is 19.0 Å². The van der Waals surface area contributed by atoms with E-state index in [1.54, 1.807) is 20.8 Å². The van der Waals surface area contributed by atoms with Crippen molar-refractivity contribution in [3.63, 3.8) is 0 Å². The van der Waals surface area contributed by atoms with Crippen LogP contribution in [0.3, 0.4) is 0 Å². The Kier molecular flexibility index (Phi) is 8.82. The number of hydrogen-bond donors (Lipinski definition) is 0. The van der Waals surface area contributed by atoms with E-state index < -0.39 is 27.5 Å². The molecule has 0 spiro atoms. The third kappa shape index (κ3) is 7.26. The molecule has 1 rings (SSSR count). The van der Waals surface area contributed by atoms with Crippen molar-refractivity contribution in [2.75, 3.05) is 54.9 Å². The molecule has 170 valence electrons. The highest BCUT2D eigenvalue weighted by Gasteiger charge is 2.27. The lowest BCUT2D eigenvalue weighted by atomic mass is 10.1. The monoisotopic (exact) mass is 443 g/mol. The summed E-state index contributed by atoms with van der Waals surface area (Å²) in [5, 5.41) is 0. The third-order valence-corrected chi connectivity index (χ3v) is 5.85. The number of ether oxygens (including phenoxy) is 2. The summed E-state index contributed by atoms with van der Waals surface area (Å²) in [6.45, 7) is 5.79. The van der Waals surface area contributed by atoms with Gasteiger partial charge in [0.2, 0.25) is 10.0 Å². The van der Waals surface area contributed by atoms with Crippen LogP contribution < -0.4 is 4.74 Å². The number of esters is 1. The van der Waals surface area contributed by atoms with Crippen molar-refractivity contribution in [3.8, 4) is 5.75 Å². The molecule has 0 fully saturated rings. The van der Waals surface area contributed by atoms with Crippen LogP contribution in [0.5, 0.6) is 5.75 Å². The van der Waals surface area contributed by atoms with Gasteiger partial charge in [0.05, 0.1) is 7.11 Å². The van der Waals surface area contributed by atoms with Crippen molar-refractivity contribution in [2.24, 2.45) is 0 Å². The van der Waals surface area contributed by atoms with Crippen molar-refractivity contribution >= 4 is 21.9 Å². The van der Waals surface area contributed by atoms with E-state index in [-0.39, 0.29) is 29.3 Å². The summed E-state index contributed by atoms with van der Waals surface area (Å²) in [6, 6.07) is 4.18. The van der Waals surface area contributed by atoms with Gasteiger partial charge in [0.25, 0.3) is 5.91 Å². The summed E-state index contributed by atoms with van der Waals surface area (Å²) >= 11 is 0. The molecule has 1 amide bonds. The fraction of sp³-hybridized carbons (Fsp3) is 0.600. The fourth-order valence-corrected chi connectivity index (χ4v) is 3.57. The lowest BCUT2D eigenvalue weighted by Gasteiger charge is -2.26. The average Bonchev–Trinajstić information content (AvgIpc) is 2.62. The van der Waals surface area contributed by atoms with Crippen molar-refractivity contribution in [3.05, 3.63) is 23.8 Å². The Morgan fingerprint density at radius 2 is 1.63 bits per heavy atom. The molecule has 30 heavy (non-hydrogen) atoms. The van der Waals surface area contributed by atoms with Gasteiger partial charge in [-0.2, -0.15) is 0 Å². The average molecular weight is 444 g/mol. The maximum atomic E-state index is 13.2. The Bertz CT molecular complexity index is 860. The minimum absolute atomic E-state index is 0.120. The number of sulfonamides is 1. The van der Waals surface area contributed by atoms with Crippen LogP contribution in [-0.4, -0.2) is 94.9 Å². The highest BCUT2D eigenvalue weighted by atomic mass is 32.2. The van der Waals surface area contributed by atoms with E-state index in [9.17, 15) is 18.0 Å². The second-order valence-electron chi connectivity index (χ2n) is 8.27. The van der Waals surface area contributed by atoms with E-state index in [0.717, 1.165) is 4.31 Å². The Balaban J connectivity index is 3.29. The van der Waals surface area contributed by atoms with Gasteiger partial charge in [-0.3, -0.25) is 9.59 Å². The van der Waals surface area contributed by atoms with Crippen LogP contribution in [0.25, 0.3) is 0 Å². The smallest absolute Gasteiger partial charge is 0.326 e. The molecule has 9 nitrogen and oxygen atoms in total. The number of rotatable bonds is 9. The highest BCUT2D eigenvalue weighted by Crippen LogP contribution is 2.27. The van der Waals surface area contributed by atoms with Gasteiger partial charge < -0.3 is 19.3 Å². The fourth-order valence-electron chi connectivity index (χ4n) is 2.49. The van der Waals surface area contributed by atoms with Crippen molar-refractivity contribution in [2.45, 2.75) is 31.3 Å². The van der Waals surface area contributed by atoms with Gasteiger partial charge in [-0.15, -0.1) is 0 Å². The van der Waals surface area contributed by atoms with E-state index in [0.29, 0.717) is 6.54 Å². The SMILES string of the molecule is COc1ccc(C(=O)N(CCN(C)C)CC(=O)OC(C)(C)C)cc1S(=O)(=O)N(C)C. The number of carbonyl (C=O) groups is 2. The molecule has 0 radical (unpaired) electrons. The maximum Gasteiger partial charge on any atom is 0.326 e. The summed E-state index contributed by atoms with van der Waals surface area (Å²) < 4.78 is 36.8. The summed E-state index contributed by atoms with van der Waals surface area (Å²) in [7, 11) is 4.02. The van der Waals surface area contributed by atoms with Crippen LogP contribution in [0.2, 0.25) is 0 Å². The Labute approximate surface area is 179 Å². The number of methoxy groups -OCH3 is 1. The molecule has 0 aromatic heterocycles. The van der Waals surface area contributed by atoms with Gasteiger partial charge in [0.15, 0.2) is 0 Å². The molecule has 10 heteroatoms. The number of likely N-dealkylation sites (N-methyl/N-ethyl adjacent to an activating group) is 1. The molecule has 0 saturated carbocycles. The highest BCUT2D eigenvalue weighted by molar-refractivity contribution is 7.89. The van der Waals surface area contributed by atoms with Gasteiger partial charge in [0.1, 0.15) is 22.8 Å². The van der Waals surface area contributed by atoms with E-state index in [4.69, 9.17) is 9.47 Å². The first-order valence-electron chi connectivity index (χ1n) is 9.45. The molecule has 1 aromatic carbocycles. The predicted molar refractivity (Wildman–Crippen MR) is 114 cm³/mol. The minimum Gasteiger partial charge on any atom is -0.495 e. The third-order valence-electron chi connectivity index (χ3n) is 4.01. The lowest BCUT2D eigenvalue weighted by molar-refractivity contribution is -0.155. The predicted octanol–water partition coefficient (Wildman–Crippen LogP) is 1.29. The first-order chi connectivity index (χ1) is 13.7. The van der Waals surface area contributed by atoms with Gasteiger partial charge in [-0.05, 0) is 53.1 Å². The number of amides is 1. The number of hydrogen-bond acceptors (Lipinski definition) is 7. The number of carbonyl (C=O) groups excluding carboxylic acids is 2. The largest absolute Gasteiger partial charge is 0.495 e. The quantitative estimate of drug-likeness (QED) is 0.531. The van der Waals surface area contributed by atoms with Crippen LogP contribution in [0.15, 0.2) is 23.1 Å². The second-order valence-corrected chi connectivity index (χ2v) is 10.4. The minimum atomic E-state index is -3.84. The lowest BCUT2D eigenvalue weighted by Crippen LogP contribution is -2.42. The van der Waals surface area contributed by atoms with Crippen LogP contribution >= 0.6 is 0 Å². The van der Waals surface area contributed by atoms with Crippen molar-refractivity contribution < 1.29 is 27.5 Å². The van der Waals surface area contributed by atoms with Gasteiger partial charge >= 0.3 is 5.97 Å². The number of nitrogens with zero attached hydrogens (tertiary/aromatic N) is 3. The van der Waals surface area contributed by atoms with Crippen LogP contribution in [0, 0.1) is 0 Å². The summed E-state index contributed by atoms with van der Waals surface area (Å²) in [5.41, 5.74) is -0.543. The maximum absolute atomic E-state index is 13.2. The van der Waals surface area contributed by atoms with Gasteiger partial charge in [-0.25, -0.2) is 12.7 Å². The molecule has 0 heterocycles. The van der Waals surface area contributed by atoms with Crippen molar-refractivity contribution in [1.29, 1.82) is 0 Å². The normalized spacial score (nSPS) is 12.2. The molecule has 0 atom stereocenters. The zero-order valence-electron chi connectivity index (χ0n) is 19.1. The Hall–Kier alpha value is -2.17. The van der Waals surface area contributed by atoms with Crippen LogP contribution in [0.4, 0.5) is 0 Å². The summed E-state index contributed by atoms with van der Waals surface area (Å²) in [4.78, 5) is 28.6. The van der Waals surface area contributed by atoms with E-state index in [1.165, 1.54) is 44.3 Å². The second kappa shape index (κ2) is 10.2. The standard InChI is InChI=1S/C20H33N3O6S/c1-20(2,3)29-18(24)14-23(12-11-21(4)5)19(25)15-9-10-16(28-8)17(13-15)30(26,27)22(6)7/h9-10,13H,11-12,14H2,1-8H3. The Morgan fingerprint density at radius 1 is 1.03 bits per heavy atom. The van der Waals surface area contributed by atoms with Crippen LogP contribution in [-0.2, 0) is 19.6 Å². The molecular weight excluding hydrogens is 410 g/mol. The molecule has 0 unspecified atom stereocenters. The molecule has 0 aliphatic rings. The van der Waals surface area contributed by atoms with Gasteiger partial charge in [0, 0.05) is 32.7 Å². The van der Waals surface area contributed by atoms with Gasteiger partial charge in [-0.1, -0.05) is 0 Å². The summed E-state index contributed by atoms with van der Waals surface area (Å²) in [5.74, 6) is -0.878. The first kappa shape index (κ1) is 25.9. The molecule has 0 saturated heterocycles. The molecule has 1 aromatic rings. The Morgan fingerprint density at radius 3 is 2.10 bits per heavy atom. The topological polar surface area (TPSA) is 96.5 Å². The molecule has 0 N–H and O–H groups in total. The van der Waals surface area contributed by atoms with Crippen LogP contribution in [0.1, 0.15) is 31.1 Å². The molecule has 0 bridgehead atoms. The zero-order chi connectivity index (χ0) is 23.3. The summed E-state index contributed by atoms with van der Waals surface area (Å²) in [6.07, 6.45) is 0. The first-order valence-corrected chi connectivity index (χ1v) is 10.9.